The summed E-state index contributed by atoms with van der Waals surface area (Å²) in [5, 5.41) is 2.98. The van der Waals surface area contributed by atoms with Gasteiger partial charge in [0.1, 0.15) is 0 Å². The van der Waals surface area contributed by atoms with Crippen molar-refractivity contribution in [2.24, 2.45) is 11.8 Å². The van der Waals surface area contributed by atoms with Crippen molar-refractivity contribution in [2.75, 3.05) is 19.6 Å². The number of nitrogens with zero attached hydrogens (tertiary/aromatic N) is 1. The van der Waals surface area contributed by atoms with Gasteiger partial charge in [-0.2, -0.15) is 0 Å². The number of nitrogens with one attached hydrogen (secondary N) is 1. The number of aryl methyl sites for hydroxylation is 1. The molecule has 126 valence electrons. The van der Waals surface area contributed by atoms with E-state index in [1.165, 1.54) is 5.56 Å². The van der Waals surface area contributed by atoms with Crippen LogP contribution in [0.5, 0.6) is 0 Å². The first-order chi connectivity index (χ1) is 11.1. The summed E-state index contributed by atoms with van der Waals surface area (Å²) in [5.74, 6) is 0.550. The van der Waals surface area contributed by atoms with Crippen LogP contribution in [-0.2, 0) is 16.0 Å². The molecular weight excluding hydrogens is 288 g/mol. The summed E-state index contributed by atoms with van der Waals surface area (Å²) in [6.45, 7) is 6.32. The average Bonchev–Trinajstić information content (AvgIpc) is 2.91. The van der Waals surface area contributed by atoms with Gasteiger partial charge in [-0.3, -0.25) is 9.59 Å². The highest BCUT2D eigenvalue weighted by Crippen LogP contribution is 2.19. The van der Waals surface area contributed by atoms with Gasteiger partial charge in [0, 0.05) is 26.1 Å². The van der Waals surface area contributed by atoms with E-state index >= 15 is 0 Å². The van der Waals surface area contributed by atoms with Gasteiger partial charge >= 0.3 is 0 Å². The molecule has 1 saturated heterocycles. The first kappa shape index (κ1) is 17.5. The Balaban J connectivity index is 1.67. The molecule has 1 aromatic rings. The lowest BCUT2D eigenvalue weighted by Crippen LogP contribution is -2.34. The zero-order valence-electron chi connectivity index (χ0n) is 14.3. The van der Waals surface area contributed by atoms with Crippen molar-refractivity contribution in [2.45, 2.75) is 39.5 Å². The largest absolute Gasteiger partial charge is 0.356 e. The summed E-state index contributed by atoms with van der Waals surface area (Å²) in [5.41, 5.74) is 1.29. The Kier molecular flexibility index (Phi) is 6.63. The van der Waals surface area contributed by atoms with Gasteiger partial charge in [-0.05, 0) is 30.7 Å². The fraction of sp³-hybridized carbons (Fsp3) is 0.579. The fourth-order valence-electron chi connectivity index (χ4n) is 2.87. The number of carbonyl (C=O) groups is 2. The molecule has 0 aromatic heterocycles. The highest BCUT2D eigenvalue weighted by Gasteiger charge is 2.33. The molecule has 0 aliphatic carbocycles. The normalized spacial score (nSPS) is 17.8. The third-order valence-electron chi connectivity index (χ3n) is 4.35. The standard InChI is InChI=1S/C19H28N2O2/c1-15(2)10-12-21-14-17(13-18(21)22)19(23)20-11-6-9-16-7-4-3-5-8-16/h3-5,7-8,15,17H,6,9-14H2,1-2H3,(H,20,23). The topological polar surface area (TPSA) is 49.4 Å². The molecule has 1 fully saturated rings. The van der Waals surface area contributed by atoms with E-state index in [9.17, 15) is 9.59 Å². The van der Waals surface area contributed by atoms with Crippen LogP contribution in [0.15, 0.2) is 30.3 Å². The minimum atomic E-state index is -0.175. The second-order valence-electron chi connectivity index (χ2n) is 6.80. The summed E-state index contributed by atoms with van der Waals surface area (Å²) in [6, 6.07) is 10.3. The van der Waals surface area contributed by atoms with Crippen LogP contribution in [-0.4, -0.2) is 36.3 Å². The third-order valence-corrected chi connectivity index (χ3v) is 4.35. The van der Waals surface area contributed by atoms with E-state index in [0.29, 0.717) is 25.4 Å². The minimum Gasteiger partial charge on any atom is -0.356 e. The van der Waals surface area contributed by atoms with E-state index in [-0.39, 0.29) is 17.7 Å². The molecule has 4 nitrogen and oxygen atoms in total. The Morgan fingerprint density at radius 3 is 2.74 bits per heavy atom. The van der Waals surface area contributed by atoms with Gasteiger partial charge in [0.05, 0.1) is 5.92 Å². The molecule has 1 aromatic carbocycles. The quantitative estimate of drug-likeness (QED) is 0.750. The highest BCUT2D eigenvalue weighted by atomic mass is 16.2. The molecule has 23 heavy (non-hydrogen) atoms. The predicted octanol–water partition coefficient (Wildman–Crippen LogP) is 2.63. The highest BCUT2D eigenvalue weighted by molar-refractivity contribution is 5.89. The van der Waals surface area contributed by atoms with Crippen molar-refractivity contribution >= 4 is 11.8 Å². The van der Waals surface area contributed by atoms with Crippen molar-refractivity contribution in [1.82, 2.24) is 10.2 Å². The van der Waals surface area contributed by atoms with Gasteiger partial charge < -0.3 is 10.2 Å². The molecule has 1 aliphatic rings. The number of amides is 2. The van der Waals surface area contributed by atoms with Gasteiger partial charge in [0.25, 0.3) is 0 Å². The van der Waals surface area contributed by atoms with Gasteiger partial charge in [-0.1, -0.05) is 44.2 Å². The molecule has 0 saturated carbocycles. The SMILES string of the molecule is CC(C)CCN1CC(C(=O)NCCCc2ccccc2)CC1=O. The maximum atomic E-state index is 12.2. The number of hydrogen-bond donors (Lipinski definition) is 1. The first-order valence-corrected chi connectivity index (χ1v) is 8.65. The van der Waals surface area contributed by atoms with Crippen LogP contribution in [0, 0.1) is 11.8 Å². The van der Waals surface area contributed by atoms with Gasteiger partial charge in [-0.15, -0.1) is 0 Å². The lowest BCUT2D eigenvalue weighted by atomic mass is 10.1. The average molecular weight is 316 g/mol. The number of likely N-dealkylation sites (tertiary alicyclic amines) is 1. The molecule has 2 amide bonds. The molecule has 1 N–H and O–H groups in total. The Hall–Kier alpha value is -1.84. The van der Waals surface area contributed by atoms with Crippen LogP contribution >= 0.6 is 0 Å². The van der Waals surface area contributed by atoms with Gasteiger partial charge in [0.2, 0.25) is 11.8 Å². The molecular formula is C19H28N2O2. The summed E-state index contributed by atoms with van der Waals surface area (Å²) in [7, 11) is 0. The summed E-state index contributed by atoms with van der Waals surface area (Å²) < 4.78 is 0. The Morgan fingerprint density at radius 2 is 2.04 bits per heavy atom. The number of hydrogen-bond acceptors (Lipinski definition) is 2. The van der Waals surface area contributed by atoms with E-state index in [4.69, 9.17) is 0 Å². The maximum absolute atomic E-state index is 12.2. The summed E-state index contributed by atoms with van der Waals surface area (Å²) >= 11 is 0. The van der Waals surface area contributed by atoms with E-state index in [0.717, 1.165) is 25.8 Å². The van der Waals surface area contributed by atoms with Crippen molar-refractivity contribution in [1.29, 1.82) is 0 Å². The van der Waals surface area contributed by atoms with E-state index in [1.54, 1.807) is 0 Å². The molecule has 1 aliphatic heterocycles. The fourth-order valence-corrected chi connectivity index (χ4v) is 2.87. The molecule has 1 atom stereocenters. The third kappa shape index (κ3) is 5.70. The minimum absolute atomic E-state index is 0.0264. The van der Waals surface area contributed by atoms with E-state index in [1.807, 2.05) is 23.1 Å². The maximum Gasteiger partial charge on any atom is 0.225 e. The lowest BCUT2D eigenvalue weighted by molar-refractivity contribution is -0.129. The van der Waals surface area contributed by atoms with Crippen LogP contribution < -0.4 is 5.32 Å². The van der Waals surface area contributed by atoms with Crippen LogP contribution in [0.4, 0.5) is 0 Å². The monoisotopic (exact) mass is 316 g/mol. The molecule has 2 rings (SSSR count). The van der Waals surface area contributed by atoms with Crippen molar-refractivity contribution in [3.8, 4) is 0 Å². The molecule has 1 unspecified atom stereocenters. The zero-order valence-corrected chi connectivity index (χ0v) is 14.3. The van der Waals surface area contributed by atoms with Gasteiger partial charge in [-0.25, -0.2) is 0 Å². The second-order valence-corrected chi connectivity index (χ2v) is 6.80. The smallest absolute Gasteiger partial charge is 0.225 e. The Labute approximate surface area is 139 Å². The lowest BCUT2D eigenvalue weighted by Gasteiger charge is -2.17. The van der Waals surface area contributed by atoms with E-state index < -0.39 is 0 Å². The molecule has 0 bridgehead atoms. The number of rotatable bonds is 8. The van der Waals surface area contributed by atoms with Crippen LogP contribution in [0.1, 0.15) is 38.7 Å². The summed E-state index contributed by atoms with van der Waals surface area (Å²) in [4.78, 5) is 26.0. The van der Waals surface area contributed by atoms with Crippen LogP contribution in [0.3, 0.4) is 0 Å². The Morgan fingerprint density at radius 1 is 1.30 bits per heavy atom. The second kappa shape index (κ2) is 8.70. The molecule has 0 spiro atoms. The number of carbonyl (C=O) groups excluding carboxylic acids is 2. The summed E-state index contributed by atoms with van der Waals surface area (Å²) in [6.07, 6.45) is 3.25. The van der Waals surface area contributed by atoms with Crippen LogP contribution in [0.25, 0.3) is 0 Å². The van der Waals surface area contributed by atoms with E-state index in [2.05, 4.69) is 31.3 Å². The predicted molar refractivity (Wildman–Crippen MR) is 91.9 cm³/mol. The van der Waals surface area contributed by atoms with Gasteiger partial charge in [0.15, 0.2) is 0 Å². The van der Waals surface area contributed by atoms with Crippen molar-refractivity contribution in [3.05, 3.63) is 35.9 Å². The van der Waals surface area contributed by atoms with Crippen molar-refractivity contribution < 1.29 is 9.59 Å². The molecule has 4 heteroatoms. The molecule has 0 radical (unpaired) electrons. The van der Waals surface area contributed by atoms with Crippen molar-refractivity contribution in [3.63, 3.8) is 0 Å². The Bertz CT molecular complexity index is 513. The first-order valence-electron chi connectivity index (χ1n) is 8.65. The number of benzene rings is 1. The van der Waals surface area contributed by atoms with Crippen LogP contribution in [0.2, 0.25) is 0 Å². The zero-order chi connectivity index (χ0) is 16.7. The molecule has 1 heterocycles.